The molecule has 3 aliphatic rings. The molecule has 0 bridgehead atoms. The summed E-state index contributed by atoms with van der Waals surface area (Å²) in [5, 5.41) is 11.4. The maximum atomic E-state index is 13.1. The zero-order chi connectivity index (χ0) is 20.8. The minimum Gasteiger partial charge on any atom is -0.313 e. The first-order chi connectivity index (χ1) is 13.8. The lowest BCUT2D eigenvalue weighted by Crippen LogP contribution is -2.54. The molecule has 4 amide bonds. The van der Waals surface area contributed by atoms with Gasteiger partial charge in [0, 0.05) is 26.1 Å². The van der Waals surface area contributed by atoms with Crippen LogP contribution in [0.4, 0.5) is 0 Å². The molecule has 1 aromatic carbocycles. The molecule has 3 aliphatic heterocycles. The Hall–Kier alpha value is -3.09. The number of amides is 4. The largest absolute Gasteiger partial charge is 0.313 e. The van der Waals surface area contributed by atoms with Gasteiger partial charge in [0.2, 0.25) is 11.8 Å². The Morgan fingerprint density at radius 3 is 2.55 bits per heavy atom. The topological polar surface area (TPSA) is 137 Å². The molecule has 0 radical (unpaired) electrons. The van der Waals surface area contributed by atoms with E-state index in [1.165, 1.54) is 0 Å². The van der Waals surface area contributed by atoms with Gasteiger partial charge in [-0.05, 0) is 30.9 Å². The fraction of sp³-hybridized carbons (Fsp3) is 0.450. The van der Waals surface area contributed by atoms with Crippen LogP contribution in [0.1, 0.15) is 52.0 Å². The van der Waals surface area contributed by atoms with Crippen LogP contribution >= 0.6 is 0 Å². The molecule has 1 unspecified atom stereocenters. The van der Waals surface area contributed by atoms with Crippen LogP contribution in [0, 0.1) is 11.3 Å². The van der Waals surface area contributed by atoms with Crippen LogP contribution in [0.2, 0.25) is 0 Å². The normalized spacial score (nSPS) is 24.3. The van der Waals surface area contributed by atoms with Crippen molar-refractivity contribution < 1.29 is 19.2 Å². The second-order valence-corrected chi connectivity index (χ2v) is 7.83. The summed E-state index contributed by atoms with van der Waals surface area (Å²) in [5.41, 5.74) is 6.49. The van der Waals surface area contributed by atoms with Gasteiger partial charge in [-0.25, -0.2) is 0 Å². The number of piperidine rings is 2. The van der Waals surface area contributed by atoms with Gasteiger partial charge < -0.3 is 5.73 Å². The molecule has 4 rings (SSSR count). The number of nitrogens with one attached hydrogen (secondary N) is 1. The highest BCUT2D eigenvalue weighted by Gasteiger charge is 2.45. The van der Waals surface area contributed by atoms with Crippen LogP contribution in [0.15, 0.2) is 18.2 Å². The fourth-order valence-electron chi connectivity index (χ4n) is 4.18. The van der Waals surface area contributed by atoms with Crippen LogP contribution in [-0.4, -0.2) is 58.1 Å². The van der Waals surface area contributed by atoms with E-state index in [9.17, 15) is 24.4 Å². The summed E-state index contributed by atoms with van der Waals surface area (Å²) in [6.07, 6.45) is 1.29. The maximum Gasteiger partial charge on any atom is 0.262 e. The van der Waals surface area contributed by atoms with Gasteiger partial charge in [-0.3, -0.25) is 34.3 Å². The quantitative estimate of drug-likeness (QED) is 0.682. The van der Waals surface area contributed by atoms with Crippen molar-refractivity contribution in [3.63, 3.8) is 0 Å². The molecule has 9 heteroatoms. The van der Waals surface area contributed by atoms with Gasteiger partial charge in [0.05, 0.1) is 17.2 Å². The number of carbonyl (C=O) groups is 4. The molecule has 0 saturated carbocycles. The Morgan fingerprint density at radius 2 is 1.90 bits per heavy atom. The van der Waals surface area contributed by atoms with Crippen molar-refractivity contribution in [2.24, 2.45) is 5.73 Å². The molecule has 9 nitrogen and oxygen atoms in total. The van der Waals surface area contributed by atoms with Gasteiger partial charge in [0.25, 0.3) is 11.8 Å². The number of hydrogen-bond donors (Lipinski definition) is 2. The van der Waals surface area contributed by atoms with Crippen molar-refractivity contribution in [3.8, 4) is 6.07 Å². The fourth-order valence-corrected chi connectivity index (χ4v) is 4.18. The van der Waals surface area contributed by atoms with Gasteiger partial charge >= 0.3 is 0 Å². The van der Waals surface area contributed by atoms with Crippen LogP contribution in [-0.2, 0) is 16.1 Å². The number of nitrogens with two attached hydrogens (primary N) is 1. The molecule has 1 atom stereocenters. The van der Waals surface area contributed by atoms with Crippen molar-refractivity contribution in [1.29, 1.82) is 5.26 Å². The number of rotatable bonds is 3. The second kappa shape index (κ2) is 7.06. The average molecular weight is 395 g/mol. The summed E-state index contributed by atoms with van der Waals surface area (Å²) in [6.45, 7) is 1.69. The molecule has 3 N–H and O–H groups in total. The Labute approximate surface area is 167 Å². The molecule has 1 aromatic rings. The first-order valence-corrected chi connectivity index (χ1v) is 9.59. The van der Waals surface area contributed by atoms with E-state index in [2.05, 4.69) is 16.3 Å². The summed E-state index contributed by atoms with van der Waals surface area (Å²) in [5.74, 6) is -2.03. The Kier molecular flexibility index (Phi) is 4.68. The number of hydrogen-bond acceptors (Lipinski definition) is 7. The molecule has 0 aromatic heterocycles. The van der Waals surface area contributed by atoms with Crippen LogP contribution in [0.25, 0.3) is 0 Å². The first kappa shape index (κ1) is 19.2. The van der Waals surface area contributed by atoms with E-state index in [1.807, 2.05) is 0 Å². The smallest absolute Gasteiger partial charge is 0.262 e. The number of likely N-dealkylation sites (tertiary alicyclic amines) is 1. The van der Waals surface area contributed by atoms with E-state index >= 15 is 0 Å². The zero-order valence-corrected chi connectivity index (χ0v) is 15.8. The zero-order valence-electron chi connectivity index (χ0n) is 15.8. The van der Waals surface area contributed by atoms with Gasteiger partial charge in [0.15, 0.2) is 0 Å². The number of nitrogens with zero attached hydrogens (tertiary/aromatic N) is 3. The molecule has 3 heterocycles. The lowest BCUT2D eigenvalue weighted by Gasteiger charge is -2.34. The Balaban J connectivity index is 1.56. The third-order valence-electron chi connectivity index (χ3n) is 5.92. The maximum absolute atomic E-state index is 13.1. The molecular weight excluding hydrogens is 374 g/mol. The van der Waals surface area contributed by atoms with Gasteiger partial charge in [-0.2, -0.15) is 5.26 Å². The molecular formula is C20H21N5O4. The SMILES string of the molecule is N#CC1(N)CCN(Cc2cccc3c2C(=O)N(C2CCC(=O)NC2=O)C3=O)CC1. The molecule has 0 spiro atoms. The molecule has 0 aliphatic carbocycles. The summed E-state index contributed by atoms with van der Waals surface area (Å²) >= 11 is 0. The minimum absolute atomic E-state index is 0.0875. The Morgan fingerprint density at radius 1 is 1.17 bits per heavy atom. The molecule has 2 fully saturated rings. The number of fused-ring (bicyclic) bond motifs is 1. The predicted octanol–water partition coefficient (Wildman–Crippen LogP) is -0.0953. The van der Waals surface area contributed by atoms with E-state index in [1.54, 1.807) is 18.2 Å². The monoisotopic (exact) mass is 395 g/mol. The third-order valence-corrected chi connectivity index (χ3v) is 5.92. The molecule has 2 saturated heterocycles. The van der Waals surface area contributed by atoms with Crippen molar-refractivity contribution in [2.75, 3.05) is 13.1 Å². The highest BCUT2D eigenvalue weighted by atomic mass is 16.2. The summed E-state index contributed by atoms with van der Waals surface area (Å²) in [6, 6.07) is 6.28. The number of carbonyl (C=O) groups excluding carboxylic acids is 4. The van der Waals surface area contributed by atoms with Gasteiger partial charge in [0.1, 0.15) is 11.6 Å². The van der Waals surface area contributed by atoms with Crippen molar-refractivity contribution in [2.45, 2.75) is 43.8 Å². The highest BCUT2D eigenvalue weighted by Crippen LogP contribution is 2.31. The van der Waals surface area contributed by atoms with E-state index in [0.29, 0.717) is 43.6 Å². The van der Waals surface area contributed by atoms with Crippen molar-refractivity contribution in [1.82, 2.24) is 15.1 Å². The van der Waals surface area contributed by atoms with E-state index in [0.717, 1.165) is 4.90 Å². The average Bonchev–Trinajstić information content (AvgIpc) is 2.96. The summed E-state index contributed by atoms with van der Waals surface area (Å²) < 4.78 is 0. The Bertz CT molecular complexity index is 958. The lowest BCUT2D eigenvalue weighted by molar-refractivity contribution is -0.136. The number of nitriles is 1. The molecule has 150 valence electrons. The van der Waals surface area contributed by atoms with Gasteiger partial charge in [-0.15, -0.1) is 0 Å². The van der Waals surface area contributed by atoms with Gasteiger partial charge in [-0.1, -0.05) is 12.1 Å². The highest BCUT2D eigenvalue weighted by molar-refractivity contribution is 6.24. The second-order valence-electron chi connectivity index (χ2n) is 7.83. The van der Waals surface area contributed by atoms with Crippen molar-refractivity contribution >= 4 is 23.6 Å². The summed E-state index contributed by atoms with van der Waals surface area (Å²) in [4.78, 5) is 52.7. The van der Waals surface area contributed by atoms with Crippen LogP contribution in [0.3, 0.4) is 0 Å². The number of benzene rings is 1. The lowest BCUT2D eigenvalue weighted by atomic mass is 9.90. The van der Waals surface area contributed by atoms with Crippen molar-refractivity contribution in [3.05, 3.63) is 34.9 Å². The summed E-state index contributed by atoms with van der Waals surface area (Å²) in [7, 11) is 0. The predicted molar refractivity (Wildman–Crippen MR) is 100 cm³/mol. The van der Waals surface area contributed by atoms with E-state index in [-0.39, 0.29) is 18.4 Å². The van der Waals surface area contributed by atoms with Crippen LogP contribution < -0.4 is 11.1 Å². The van der Waals surface area contributed by atoms with Crippen LogP contribution in [0.5, 0.6) is 0 Å². The standard InChI is InChI=1S/C20H21N5O4/c21-11-20(22)6-8-24(9-7-20)10-12-2-1-3-13-16(12)19(29)25(18(13)28)14-4-5-15(26)23-17(14)27/h1-3,14H,4-10,22H2,(H,23,26,27). The third kappa shape index (κ3) is 3.30. The number of imide groups is 2. The van der Waals surface area contributed by atoms with E-state index < -0.39 is 35.2 Å². The molecule has 29 heavy (non-hydrogen) atoms. The van der Waals surface area contributed by atoms with E-state index in [4.69, 9.17) is 5.73 Å². The minimum atomic E-state index is -0.976. The first-order valence-electron chi connectivity index (χ1n) is 9.59.